The fraction of sp³-hybridized carbons (Fsp3) is 0.571. The highest BCUT2D eigenvalue weighted by Gasteiger charge is 2.31. The SMILES string of the molecule is Cc1ccc(S(=O)(=O)N2CCC(n3nc(C(C)C)cc3C(C)C)CC2)cc1. The van der Waals surface area contributed by atoms with Gasteiger partial charge in [0.05, 0.1) is 16.6 Å². The van der Waals surface area contributed by atoms with Gasteiger partial charge in [0.25, 0.3) is 0 Å². The lowest BCUT2D eigenvalue weighted by atomic mass is 10.0. The smallest absolute Gasteiger partial charge is 0.243 e. The van der Waals surface area contributed by atoms with Crippen LogP contribution in [-0.2, 0) is 10.0 Å². The third kappa shape index (κ3) is 4.11. The summed E-state index contributed by atoms with van der Waals surface area (Å²) in [5.74, 6) is 0.796. The van der Waals surface area contributed by atoms with Gasteiger partial charge in [-0.25, -0.2) is 8.42 Å². The molecule has 0 amide bonds. The maximum absolute atomic E-state index is 12.9. The van der Waals surface area contributed by atoms with Gasteiger partial charge in [-0.3, -0.25) is 4.68 Å². The van der Waals surface area contributed by atoms with Gasteiger partial charge < -0.3 is 0 Å². The number of hydrogen-bond donors (Lipinski definition) is 0. The van der Waals surface area contributed by atoms with E-state index in [1.54, 1.807) is 16.4 Å². The second kappa shape index (κ2) is 7.76. The molecule has 0 unspecified atom stereocenters. The molecule has 0 N–H and O–H groups in total. The molecular weight excluding hydrogens is 358 g/mol. The average Bonchev–Trinajstić information content (AvgIpc) is 3.08. The third-order valence-corrected chi connectivity index (χ3v) is 7.31. The first-order chi connectivity index (χ1) is 12.7. The molecule has 1 fully saturated rings. The first-order valence-electron chi connectivity index (χ1n) is 9.86. The molecule has 148 valence electrons. The summed E-state index contributed by atoms with van der Waals surface area (Å²) in [5, 5.41) is 4.86. The van der Waals surface area contributed by atoms with Crippen LogP contribution in [0.15, 0.2) is 35.2 Å². The van der Waals surface area contributed by atoms with Crippen molar-refractivity contribution in [1.82, 2.24) is 14.1 Å². The summed E-state index contributed by atoms with van der Waals surface area (Å²) >= 11 is 0. The van der Waals surface area contributed by atoms with Crippen LogP contribution in [0.1, 0.15) is 75.4 Å². The topological polar surface area (TPSA) is 55.2 Å². The van der Waals surface area contributed by atoms with Crippen molar-refractivity contribution in [3.8, 4) is 0 Å². The Morgan fingerprint density at radius 2 is 1.59 bits per heavy atom. The molecule has 0 radical (unpaired) electrons. The Balaban J connectivity index is 1.76. The molecular formula is C21H31N3O2S. The molecule has 0 spiro atoms. The van der Waals surface area contributed by atoms with E-state index in [0.717, 1.165) is 24.1 Å². The summed E-state index contributed by atoms with van der Waals surface area (Å²) in [6, 6.07) is 9.59. The number of benzene rings is 1. The van der Waals surface area contributed by atoms with Crippen LogP contribution in [0.3, 0.4) is 0 Å². The summed E-state index contributed by atoms with van der Waals surface area (Å²) in [5.41, 5.74) is 3.43. The van der Waals surface area contributed by atoms with Gasteiger partial charge in [-0.05, 0) is 49.8 Å². The standard InChI is InChI=1S/C21H31N3O2S/c1-15(2)20-14-21(16(3)4)24(22-20)18-10-12-23(13-11-18)27(25,26)19-8-6-17(5)7-9-19/h6-9,14-16,18H,10-13H2,1-5H3. The first-order valence-corrected chi connectivity index (χ1v) is 11.3. The predicted octanol–water partition coefficient (Wildman–Crippen LogP) is 4.46. The quantitative estimate of drug-likeness (QED) is 0.758. The van der Waals surface area contributed by atoms with Crippen molar-refractivity contribution in [2.75, 3.05) is 13.1 Å². The number of nitrogens with zero attached hydrogens (tertiary/aromatic N) is 3. The van der Waals surface area contributed by atoms with Gasteiger partial charge in [-0.15, -0.1) is 0 Å². The molecule has 5 nitrogen and oxygen atoms in total. The molecule has 1 aromatic heterocycles. The second-order valence-corrected chi connectivity index (χ2v) is 10.1. The Morgan fingerprint density at radius 3 is 2.11 bits per heavy atom. The summed E-state index contributed by atoms with van der Waals surface area (Å²) in [4.78, 5) is 0.385. The van der Waals surface area contributed by atoms with Crippen molar-refractivity contribution < 1.29 is 8.42 Å². The van der Waals surface area contributed by atoms with Gasteiger partial charge in [-0.1, -0.05) is 45.4 Å². The highest BCUT2D eigenvalue weighted by atomic mass is 32.2. The van der Waals surface area contributed by atoms with Crippen molar-refractivity contribution in [3.63, 3.8) is 0 Å². The molecule has 1 aliphatic heterocycles. The van der Waals surface area contributed by atoms with Crippen LogP contribution in [0.5, 0.6) is 0 Å². The number of aryl methyl sites for hydroxylation is 1. The van der Waals surface area contributed by atoms with Crippen LogP contribution in [0.2, 0.25) is 0 Å². The Bertz CT molecular complexity index is 875. The third-order valence-electron chi connectivity index (χ3n) is 5.39. The predicted molar refractivity (Wildman–Crippen MR) is 109 cm³/mol. The van der Waals surface area contributed by atoms with Crippen molar-refractivity contribution in [2.45, 2.75) is 70.2 Å². The van der Waals surface area contributed by atoms with Crippen LogP contribution in [-0.4, -0.2) is 35.6 Å². The minimum atomic E-state index is -3.42. The van der Waals surface area contributed by atoms with Gasteiger partial charge in [0.15, 0.2) is 0 Å². The van der Waals surface area contributed by atoms with Gasteiger partial charge in [-0.2, -0.15) is 9.40 Å². The minimum Gasteiger partial charge on any atom is -0.266 e. The van der Waals surface area contributed by atoms with Crippen molar-refractivity contribution in [1.29, 1.82) is 0 Å². The fourth-order valence-corrected chi connectivity index (χ4v) is 5.09. The van der Waals surface area contributed by atoms with E-state index in [2.05, 4.69) is 38.4 Å². The highest BCUT2D eigenvalue weighted by molar-refractivity contribution is 7.89. The number of aromatic nitrogens is 2. The fourth-order valence-electron chi connectivity index (χ4n) is 3.62. The highest BCUT2D eigenvalue weighted by Crippen LogP contribution is 2.31. The number of rotatable bonds is 5. The minimum absolute atomic E-state index is 0.263. The van der Waals surface area contributed by atoms with E-state index in [9.17, 15) is 8.42 Å². The zero-order valence-electron chi connectivity index (χ0n) is 17.0. The Labute approximate surface area is 163 Å². The van der Waals surface area contributed by atoms with Crippen LogP contribution in [0, 0.1) is 6.92 Å². The van der Waals surface area contributed by atoms with E-state index in [1.807, 2.05) is 19.1 Å². The number of sulfonamides is 1. The maximum Gasteiger partial charge on any atom is 0.243 e. The lowest BCUT2D eigenvalue weighted by molar-refractivity contribution is 0.255. The zero-order valence-corrected chi connectivity index (χ0v) is 17.8. The van der Waals surface area contributed by atoms with E-state index < -0.39 is 10.0 Å². The molecule has 2 heterocycles. The molecule has 27 heavy (non-hydrogen) atoms. The van der Waals surface area contributed by atoms with Gasteiger partial charge in [0.2, 0.25) is 10.0 Å². The van der Waals surface area contributed by atoms with Crippen LogP contribution >= 0.6 is 0 Å². The summed E-state index contributed by atoms with van der Waals surface area (Å²) < 4.78 is 29.6. The molecule has 1 saturated heterocycles. The Morgan fingerprint density at radius 1 is 1.00 bits per heavy atom. The van der Waals surface area contributed by atoms with Crippen LogP contribution in [0.4, 0.5) is 0 Å². The molecule has 0 bridgehead atoms. The van der Waals surface area contributed by atoms with Gasteiger partial charge in [0.1, 0.15) is 0 Å². The lowest BCUT2D eigenvalue weighted by Crippen LogP contribution is -2.39. The molecule has 0 saturated carbocycles. The summed E-state index contributed by atoms with van der Waals surface area (Å²) in [6.07, 6.45) is 1.59. The molecule has 3 rings (SSSR count). The monoisotopic (exact) mass is 389 g/mol. The second-order valence-electron chi connectivity index (χ2n) is 8.20. The van der Waals surface area contributed by atoms with Crippen molar-refractivity contribution >= 4 is 10.0 Å². The van der Waals surface area contributed by atoms with E-state index in [4.69, 9.17) is 5.10 Å². The average molecular weight is 390 g/mol. The summed E-state index contributed by atoms with van der Waals surface area (Å²) in [7, 11) is -3.42. The number of hydrogen-bond acceptors (Lipinski definition) is 3. The maximum atomic E-state index is 12.9. The molecule has 2 aromatic rings. The van der Waals surface area contributed by atoms with E-state index in [1.165, 1.54) is 5.69 Å². The van der Waals surface area contributed by atoms with Gasteiger partial charge in [0, 0.05) is 18.8 Å². The van der Waals surface area contributed by atoms with E-state index >= 15 is 0 Å². The Kier molecular flexibility index (Phi) is 5.77. The molecule has 6 heteroatoms. The van der Waals surface area contributed by atoms with E-state index in [-0.39, 0.29) is 6.04 Å². The van der Waals surface area contributed by atoms with Crippen molar-refractivity contribution in [2.24, 2.45) is 0 Å². The van der Waals surface area contributed by atoms with Crippen molar-refractivity contribution in [3.05, 3.63) is 47.3 Å². The van der Waals surface area contributed by atoms with Crippen LogP contribution in [0.25, 0.3) is 0 Å². The lowest BCUT2D eigenvalue weighted by Gasteiger charge is -2.32. The van der Waals surface area contributed by atoms with E-state index in [0.29, 0.717) is 29.8 Å². The largest absolute Gasteiger partial charge is 0.266 e. The normalized spacial score (nSPS) is 17.1. The first kappa shape index (κ1) is 20.1. The van der Waals surface area contributed by atoms with Crippen LogP contribution < -0.4 is 0 Å². The molecule has 1 aromatic carbocycles. The molecule has 1 aliphatic rings. The number of piperidine rings is 1. The Hall–Kier alpha value is -1.66. The zero-order chi connectivity index (χ0) is 19.8. The molecule has 0 aliphatic carbocycles. The molecule has 0 atom stereocenters. The van der Waals surface area contributed by atoms with Gasteiger partial charge >= 0.3 is 0 Å². The summed E-state index contributed by atoms with van der Waals surface area (Å²) in [6.45, 7) is 11.7.